The Balaban J connectivity index is 2.70. The van der Waals surface area contributed by atoms with Crippen molar-refractivity contribution in [3.8, 4) is 5.75 Å². The van der Waals surface area contributed by atoms with Gasteiger partial charge in [-0.15, -0.1) is 0 Å². The molecule has 0 saturated carbocycles. The van der Waals surface area contributed by atoms with E-state index in [-0.39, 0.29) is 5.91 Å². The van der Waals surface area contributed by atoms with Gasteiger partial charge in [0.2, 0.25) is 0 Å². The molecule has 0 aromatic heterocycles. The van der Waals surface area contributed by atoms with Crippen molar-refractivity contribution in [2.24, 2.45) is 5.84 Å². The molecule has 0 fully saturated rings. The summed E-state index contributed by atoms with van der Waals surface area (Å²) in [4.78, 5) is 11.3. The van der Waals surface area contributed by atoms with Gasteiger partial charge in [0.15, 0.2) is 6.10 Å². The van der Waals surface area contributed by atoms with Crippen LogP contribution in [0, 0.1) is 3.57 Å². The van der Waals surface area contributed by atoms with Gasteiger partial charge in [-0.3, -0.25) is 10.2 Å². The predicted octanol–water partition coefficient (Wildman–Crippen LogP) is 1.44. The third-order valence-corrected chi connectivity index (χ3v) is 2.55. The molecule has 0 aliphatic heterocycles. The molecule has 3 N–H and O–H groups in total. The highest BCUT2D eigenvalue weighted by Gasteiger charge is 2.16. The summed E-state index contributed by atoms with van der Waals surface area (Å²) in [6.45, 7) is 1.87. The summed E-state index contributed by atoms with van der Waals surface area (Å²) in [5, 5.41) is 0. The maximum atomic E-state index is 11.3. The number of halogens is 1. The van der Waals surface area contributed by atoms with Crippen LogP contribution in [-0.4, -0.2) is 12.0 Å². The van der Waals surface area contributed by atoms with Crippen molar-refractivity contribution in [1.29, 1.82) is 0 Å². The molecule has 1 aromatic rings. The number of nitrogens with two attached hydrogens (primary N) is 1. The van der Waals surface area contributed by atoms with Gasteiger partial charge in [-0.2, -0.15) is 0 Å². The van der Waals surface area contributed by atoms with Gasteiger partial charge in [-0.1, -0.05) is 13.0 Å². The molecule has 1 rings (SSSR count). The van der Waals surface area contributed by atoms with E-state index in [4.69, 9.17) is 10.6 Å². The lowest BCUT2D eigenvalue weighted by atomic mass is 10.2. The van der Waals surface area contributed by atoms with Crippen molar-refractivity contribution in [1.82, 2.24) is 5.43 Å². The average molecular weight is 320 g/mol. The Hall–Kier alpha value is -0.820. The maximum Gasteiger partial charge on any atom is 0.274 e. The molecule has 0 spiro atoms. The number of benzene rings is 1. The van der Waals surface area contributed by atoms with Gasteiger partial charge in [0.25, 0.3) is 5.91 Å². The van der Waals surface area contributed by atoms with E-state index in [1.807, 2.05) is 31.2 Å². The second kappa shape index (κ2) is 5.92. The van der Waals surface area contributed by atoms with Crippen LogP contribution in [0.25, 0.3) is 0 Å². The molecule has 15 heavy (non-hydrogen) atoms. The van der Waals surface area contributed by atoms with Crippen molar-refractivity contribution in [2.75, 3.05) is 0 Å². The van der Waals surface area contributed by atoms with Gasteiger partial charge >= 0.3 is 0 Å². The fourth-order valence-corrected chi connectivity index (χ4v) is 1.63. The Labute approximate surface area is 102 Å². The van der Waals surface area contributed by atoms with Crippen LogP contribution < -0.4 is 16.0 Å². The normalized spacial score (nSPS) is 11.9. The first-order chi connectivity index (χ1) is 7.17. The van der Waals surface area contributed by atoms with Gasteiger partial charge in [0.1, 0.15) is 5.75 Å². The summed E-state index contributed by atoms with van der Waals surface area (Å²) in [7, 11) is 0. The number of hydrogen-bond acceptors (Lipinski definition) is 3. The molecule has 5 heteroatoms. The number of rotatable bonds is 4. The van der Waals surface area contributed by atoms with Crippen molar-refractivity contribution < 1.29 is 9.53 Å². The van der Waals surface area contributed by atoms with E-state index >= 15 is 0 Å². The Kier molecular flexibility index (Phi) is 4.83. The molecule has 0 radical (unpaired) electrons. The lowest BCUT2D eigenvalue weighted by Gasteiger charge is -2.15. The number of carbonyl (C=O) groups is 1. The molecule has 0 saturated heterocycles. The molecular formula is C10H13IN2O2. The third kappa shape index (κ3) is 3.67. The molecule has 1 unspecified atom stereocenters. The molecule has 4 nitrogen and oxygen atoms in total. The quantitative estimate of drug-likeness (QED) is 0.382. The van der Waals surface area contributed by atoms with Crippen LogP contribution in [0.15, 0.2) is 24.3 Å². The van der Waals surface area contributed by atoms with Crippen LogP contribution in [-0.2, 0) is 4.79 Å². The molecule has 1 aromatic carbocycles. The number of ether oxygens (including phenoxy) is 1. The SMILES string of the molecule is CCC(Oc1cccc(I)c1)C(=O)NN. The van der Waals surface area contributed by atoms with Crippen LogP contribution in [0.1, 0.15) is 13.3 Å². The van der Waals surface area contributed by atoms with Crippen LogP contribution >= 0.6 is 22.6 Å². The summed E-state index contributed by atoms with van der Waals surface area (Å²) in [5.41, 5.74) is 2.09. The summed E-state index contributed by atoms with van der Waals surface area (Å²) in [6, 6.07) is 7.52. The van der Waals surface area contributed by atoms with E-state index in [1.165, 1.54) is 0 Å². The molecule has 0 aliphatic rings. The zero-order valence-corrected chi connectivity index (χ0v) is 10.5. The van der Waals surface area contributed by atoms with Gasteiger partial charge in [0, 0.05) is 3.57 Å². The highest BCUT2D eigenvalue weighted by Crippen LogP contribution is 2.17. The lowest BCUT2D eigenvalue weighted by Crippen LogP contribution is -2.41. The molecule has 0 heterocycles. The highest BCUT2D eigenvalue weighted by atomic mass is 127. The fraction of sp³-hybridized carbons (Fsp3) is 0.300. The van der Waals surface area contributed by atoms with Crippen LogP contribution in [0.4, 0.5) is 0 Å². The number of hydrogen-bond donors (Lipinski definition) is 2. The van der Waals surface area contributed by atoms with Crippen molar-refractivity contribution in [3.63, 3.8) is 0 Å². The number of amides is 1. The third-order valence-electron chi connectivity index (χ3n) is 1.88. The van der Waals surface area contributed by atoms with Gasteiger partial charge in [0.05, 0.1) is 0 Å². The van der Waals surface area contributed by atoms with E-state index < -0.39 is 6.10 Å². The molecule has 82 valence electrons. The van der Waals surface area contributed by atoms with E-state index in [2.05, 4.69) is 28.0 Å². The fourth-order valence-electron chi connectivity index (χ4n) is 1.12. The molecular weight excluding hydrogens is 307 g/mol. The largest absolute Gasteiger partial charge is 0.481 e. The van der Waals surface area contributed by atoms with E-state index in [0.717, 1.165) is 3.57 Å². The Bertz CT molecular complexity index is 344. The van der Waals surface area contributed by atoms with E-state index in [0.29, 0.717) is 12.2 Å². The first-order valence-electron chi connectivity index (χ1n) is 4.60. The monoisotopic (exact) mass is 320 g/mol. The maximum absolute atomic E-state index is 11.3. The van der Waals surface area contributed by atoms with Crippen molar-refractivity contribution in [3.05, 3.63) is 27.8 Å². The zero-order chi connectivity index (χ0) is 11.3. The second-order valence-corrected chi connectivity index (χ2v) is 4.23. The first kappa shape index (κ1) is 12.3. The average Bonchev–Trinajstić information content (AvgIpc) is 2.25. The standard InChI is InChI=1S/C10H13IN2O2/c1-2-9(10(14)13-12)15-8-5-3-4-7(11)6-8/h3-6,9H,2,12H2,1H3,(H,13,14). The van der Waals surface area contributed by atoms with E-state index in [1.54, 1.807) is 0 Å². The summed E-state index contributed by atoms with van der Waals surface area (Å²) >= 11 is 2.19. The summed E-state index contributed by atoms with van der Waals surface area (Å²) < 4.78 is 6.56. The summed E-state index contributed by atoms with van der Waals surface area (Å²) in [5.74, 6) is 5.42. The van der Waals surface area contributed by atoms with Gasteiger partial charge in [-0.25, -0.2) is 5.84 Å². The van der Waals surface area contributed by atoms with Crippen LogP contribution in [0.2, 0.25) is 0 Å². The predicted molar refractivity (Wildman–Crippen MR) is 66.2 cm³/mol. The molecule has 1 atom stereocenters. The Morgan fingerprint density at radius 3 is 2.93 bits per heavy atom. The topological polar surface area (TPSA) is 64.3 Å². The van der Waals surface area contributed by atoms with Gasteiger partial charge in [-0.05, 0) is 47.2 Å². The number of carbonyl (C=O) groups excluding carboxylic acids is 1. The van der Waals surface area contributed by atoms with Gasteiger partial charge < -0.3 is 4.74 Å². The Morgan fingerprint density at radius 1 is 1.67 bits per heavy atom. The second-order valence-electron chi connectivity index (χ2n) is 2.98. The number of nitrogens with one attached hydrogen (secondary N) is 1. The van der Waals surface area contributed by atoms with E-state index in [9.17, 15) is 4.79 Å². The number of hydrazine groups is 1. The minimum atomic E-state index is -0.534. The van der Waals surface area contributed by atoms with Crippen molar-refractivity contribution in [2.45, 2.75) is 19.4 Å². The molecule has 0 aliphatic carbocycles. The highest BCUT2D eigenvalue weighted by molar-refractivity contribution is 14.1. The van der Waals surface area contributed by atoms with Crippen molar-refractivity contribution >= 4 is 28.5 Å². The first-order valence-corrected chi connectivity index (χ1v) is 5.68. The molecule has 1 amide bonds. The molecule has 0 bridgehead atoms. The van der Waals surface area contributed by atoms with Crippen LogP contribution in [0.3, 0.4) is 0 Å². The van der Waals surface area contributed by atoms with Crippen LogP contribution in [0.5, 0.6) is 5.75 Å². The lowest BCUT2D eigenvalue weighted by molar-refractivity contribution is -0.128. The zero-order valence-electron chi connectivity index (χ0n) is 8.37. The minimum absolute atomic E-state index is 0.309. The smallest absolute Gasteiger partial charge is 0.274 e. The minimum Gasteiger partial charge on any atom is -0.481 e. The summed E-state index contributed by atoms with van der Waals surface area (Å²) in [6.07, 6.45) is 0.0438. The Morgan fingerprint density at radius 2 is 2.40 bits per heavy atom.